The number of carboxylic acids is 1. The molecule has 0 bridgehead atoms. The molecule has 0 amide bonds. The Kier molecular flexibility index (Phi) is 5.64. The van der Waals surface area contributed by atoms with Crippen LogP contribution in [0, 0.1) is 11.3 Å². The number of carbonyl (C=O) groups is 1. The SMILES string of the molecule is CC(C#N)S(=O)(=O)N(C)Cc1cccc(C=CC(=O)O)c1. The first-order chi connectivity index (χ1) is 9.77. The molecule has 1 aromatic carbocycles. The predicted molar refractivity (Wildman–Crippen MR) is 78.6 cm³/mol. The first kappa shape index (κ1) is 16.9. The Hall–Kier alpha value is -2.17. The highest BCUT2D eigenvalue weighted by atomic mass is 32.2. The molecule has 0 aliphatic carbocycles. The number of rotatable bonds is 6. The normalized spacial score (nSPS) is 13.2. The van der Waals surface area contributed by atoms with E-state index in [1.165, 1.54) is 20.0 Å². The van der Waals surface area contributed by atoms with Crippen molar-refractivity contribution in [3.05, 3.63) is 41.5 Å². The number of benzene rings is 1. The van der Waals surface area contributed by atoms with Crippen molar-refractivity contribution in [3.8, 4) is 6.07 Å². The Bertz CT molecular complexity index is 689. The van der Waals surface area contributed by atoms with Gasteiger partial charge in [0.15, 0.2) is 5.25 Å². The molecule has 112 valence electrons. The molecular formula is C14H16N2O4S. The lowest BCUT2D eigenvalue weighted by Gasteiger charge is -2.18. The Morgan fingerprint density at radius 1 is 1.52 bits per heavy atom. The average molecular weight is 308 g/mol. The molecule has 1 unspecified atom stereocenters. The quantitative estimate of drug-likeness (QED) is 0.802. The van der Waals surface area contributed by atoms with Gasteiger partial charge < -0.3 is 5.11 Å². The van der Waals surface area contributed by atoms with E-state index in [1.807, 2.05) is 0 Å². The van der Waals surface area contributed by atoms with Crippen LogP contribution in [0.25, 0.3) is 6.08 Å². The standard InChI is InChI=1S/C14H16N2O4S/c1-11(9-15)21(19,20)16(2)10-13-5-3-4-12(8-13)6-7-14(17)18/h3-8,11H,10H2,1-2H3,(H,17,18). The monoisotopic (exact) mass is 308 g/mol. The molecule has 1 N–H and O–H groups in total. The van der Waals surface area contributed by atoms with E-state index >= 15 is 0 Å². The van der Waals surface area contributed by atoms with E-state index in [-0.39, 0.29) is 6.54 Å². The summed E-state index contributed by atoms with van der Waals surface area (Å²) >= 11 is 0. The van der Waals surface area contributed by atoms with Crippen molar-refractivity contribution in [3.63, 3.8) is 0 Å². The fraction of sp³-hybridized carbons (Fsp3) is 0.286. The van der Waals surface area contributed by atoms with E-state index in [0.29, 0.717) is 11.1 Å². The van der Waals surface area contributed by atoms with Crippen LogP contribution in [0.5, 0.6) is 0 Å². The van der Waals surface area contributed by atoms with Gasteiger partial charge in [-0.3, -0.25) is 0 Å². The molecular weight excluding hydrogens is 292 g/mol. The molecule has 0 heterocycles. The van der Waals surface area contributed by atoms with Gasteiger partial charge in [0.2, 0.25) is 10.0 Å². The minimum Gasteiger partial charge on any atom is -0.478 e. The smallest absolute Gasteiger partial charge is 0.328 e. The third-order valence-electron chi connectivity index (χ3n) is 2.84. The van der Waals surface area contributed by atoms with Gasteiger partial charge in [-0.1, -0.05) is 24.3 Å². The summed E-state index contributed by atoms with van der Waals surface area (Å²) in [4.78, 5) is 10.5. The van der Waals surface area contributed by atoms with Crippen LogP contribution in [0.1, 0.15) is 18.1 Å². The Labute approximate surface area is 124 Å². The van der Waals surface area contributed by atoms with Crippen molar-refractivity contribution in [2.75, 3.05) is 7.05 Å². The van der Waals surface area contributed by atoms with Crippen molar-refractivity contribution in [1.29, 1.82) is 5.26 Å². The van der Waals surface area contributed by atoms with Gasteiger partial charge in [0.1, 0.15) is 0 Å². The van der Waals surface area contributed by atoms with Crippen LogP contribution in [-0.4, -0.2) is 36.1 Å². The Balaban J connectivity index is 2.92. The molecule has 1 rings (SSSR count). The Morgan fingerprint density at radius 3 is 2.76 bits per heavy atom. The molecule has 0 aliphatic rings. The number of hydrogen-bond donors (Lipinski definition) is 1. The fourth-order valence-corrected chi connectivity index (χ4v) is 2.65. The van der Waals surface area contributed by atoms with E-state index in [9.17, 15) is 13.2 Å². The molecule has 0 fully saturated rings. The van der Waals surface area contributed by atoms with Crippen molar-refractivity contribution >= 4 is 22.1 Å². The molecule has 6 nitrogen and oxygen atoms in total. The summed E-state index contributed by atoms with van der Waals surface area (Å²) in [6, 6.07) is 8.58. The van der Waals surface area contributed by atoms with Crippen LogP contribution >= 0.6 is 0 Å². The number of hydrogen-bond acceptors (Lipinski definition) is 4. The number of carboxylic acid groups (broad SMARTS) is 1. The lowest BCUT2D eigenvalue weighted by atomic mass is 10.1. The van der Waals surface area contributed by atoms with Gasteiger partial charge in [0, 0.05) is 19.7 Å². The van der Waals surface area contributed by atoms with Gasteiger partial charge in [0.05, 0.1) is 6.07 Å². The van der Waals surface area contributed by atoms with E-state index < -0.39 is 21.2 Å². The lowest BCUT2D eigenvalue weighted by Crippen LogP contribution is -2.33. The molecule has 0 aliphatic heterocycles. The third-order valence-corrected chi connectivity index (χ3v) is 4.83. The van der Waals surface area contributed by atoms with Crippen molar-refractivity contribution < 1.29 is 18.3 Å². The van der Waals surface area contributed by atoms with Gasteiger partial charge in [-0.15, -0.1) is 0 Å². The first-order valence-electron chi connectivity index (χ1n) is 6.12. The molecule has 7 heteroatoms. The number of nitrogens with zero attached hydrogens (tertiary/aromatic N) is 2. The number of nitriles is 1. The molecule has 21 heavy (non-hydrogen) atoms. The van der Waals surface area contributed by atoms with E-state index in [4.69, 9.17) is 10.4 Å². The molecule has 0 aromatic heterocycles. The maximum atomic E-state index is 12.0. The summed E-state index contributed by atoms with van der Waals surface area (Å²) in [6.07, 6.45) is 2.44. The second-order valence-corrected chi connectivity index (χ2v) is 6.85. The average Bonchev–Trinajstić information content (AvgIpc) is 2.44. The van der Waals surface area contributed by atoms with Gasteiger partial charge in [-0.2, -0.15) is 9.57 Å². The third kappa shape index (κ3) is 4.70. The molecule has 0 spiro atoms. The summed E-state index contributed by atoms with van der Waals surface area (Å²) in [5.74, 6) is -1.05. The zero-order valence-corrected chi connectivity index (χ0v) is 12.5. The van der Waals surface area contributed by atoms with Crippen molar-refractivity contribution in [1.82, 2.24) is 4.31 Å². The van der Waals surface area contributed by atoms with Crippen LogP contribution in [0.2, 0.25) is 0 Å². The molecule has 1 aromatic rings. The lowest BCUT2D eigenvalue weighted by molar-refractivity contribution is -0.131. The fourth-order valence-electron chi connectivity index (χ4n) is 1.65. The number of sulfonamides is 1. The molecule has 1 atom stereocenters. The second-order valence-electron chi connectivity index (χ2n) is 4.49. The zero-order valence-electron chi connectivity index (χ0n) is 11.7. The highest BCUT2D eigenvalue weighted by molar-refractivity contribution is 7.89. The van der Waals surface area contributed by atoms with Gasteiger partial charge in [-0.25, -0.2) is 13.2 Å². The van der Waals surface area contributed by atoms with Crippen molar-refractivity contribution in [2.24, 2.45) is 0 Å². The Morgan fingerprint density at radius 2 is 2.19 bits per heavy atom. The largest absolute Gasteiger partial charge is 0.478 e. The van der Waals surface area contributed by atoms with E-state index in [2.05, 4.69) is 0 Å². The topological polar surface area (TPSA) is 98.5 Å². The summed E-state index contributed by atoms with van der Waals surface area (Å²) in [6.45, 7) is 1.45. The highest BCUT2D eigenvalue weighted by Crippen LogP contribution is 2.13. The molecule has 0 radical (unpaired) electrons. The minimum atomic E-state index is -3.67. The van der Waals surface area contributed by atoms with Crippen LogP contribution in [0.4, 0.5) is 0 Å². The second kappa shape index (κ2) is 7.02. The van der Waals surface area contributed by atoms with E-state index in [0.717, 1.165) is 10.4 Å². The van der Waals surface area contributed by atoms with Gasteiger partial charge in [-0.05, 0) is 24.1 Å². The molecule has 0 saturated heterocycles. The zero-order chi connectivity index (χ0) is 16.0. The van der Waals surface area contributed by atoms with E-state index in [1.54, 1.807) is 30.3 Å². The first-order valence-corrected chi connectivity index (χ1v) is 7.62. The predicted octanol–water partition coefficient (Wildman–Crippen LogP) is 1.46. The van der Waals surface area contributed by atoms with Crippen molar-refractivity contribution in [2.45, 2.75) is 18.7 Å². The summed E-state index contributed by atoms with van der Waals surface area (Å²) < 4.78 is 25.1. The minimum absolute atomic E-state index is 0.114. The van der Waals surface area contributed by atoms with Crippen LogP contribution in [0.15, 0.2) is 30.3 Å². The summed E-state index contributed by atoms with van der Waals surface area (Å²) in [5, 5.41) is 16.2. The summed E-state index contributed by atoms with van der Waals surface area (Å²) in [5.41, 5.74) is 1.37. The van der Waals surface area contributed by atoms with Gasteiger partial charge >= 0.3 is 5.97 Å². The maximum Gasteiger partial charge on any atom is 0.328 e. The van der Waals surface area contributed by atoms with Crippen LogP contribution in [0.3, 0.4) is 0 Å². The molecule has 0 saturated carbocycles. The maximum absolute atomic E-state index is 12.0. The number of aliphatic carboxylic acids is 1. The highest BCUT2D eigenvalue weighted by Gasteiger charge is 2.25. The van der Waals surface area contributed by atoms with Gasteiger partial charge in [0.25, 0.3) is 0 Å². The van der Waals surface area contributed by atoms with Crippen LogP contribution in [-0.2, 0) is 21.4 Å². The summed E-state index contributed by atoms with van der Waals surface area (Å²) in [7, 11) is -2.26. The van der Waals surface area contributed by atoms with Crippen LogP contribution < -0.4 is 0 Å².